The summed E-state index contributed by atoms with van der Waals surface area (Å²) in [5, 5.41) is 3.62. The third-order valence-electron chi connectivity index (χ3n) is 3.84. The van der Waals surface area contributed by atoms with Gasteiger partial charge in [-0.2, -0.15) is 0 Å². The molecule has 0 heterocycles. The van der Waals surface area contributed by atoms with Gasteiger partial charge in [0, 0.05) is 15.0 Å². The van der Waals surface area contributed by atoms with Gasteiger partial charge in [-0.15, -0.1) is 0 Å². The molecule has 0 amide bonds. The molecule has 1 N–H and O–H groups in total. The van der Waals surface area contributed by atoms with Crippen molar-refractivity contribution in [2.24, 2.45) is 0 Å². The van der Waals surface area contributed by atoms with Gasteiger partial charge in [0.15, 0.2) is 0 Å². The number of hydrogen-bond acceptors (Lipinski definition) is 1. The zero-order chi connectivity index (χ0) is 15.4. The minimum atomic E-state index is 0.317. The molecule has 0 saturated heterocycles. The molecule has 3 heteroatoms. The Labute approximate surface area is 144 Å². The molecule has 0 aliphatic heterocycles. The molecule has 0 radical (unpaired) electrons. The number of benzene rings is 2. The van der Waals surface area contributed by atoms with Crippen LogP contribution in [-0.2, 0) is 6.42 Å². The van der Waals surface area contributed by atoms with Gasteiger partial charge in [-0.1, -0.05) is 63.0 Å². The highest BCUT2D eigenvalue weighted by molar-refractivity contribution is 9.11. The van der Waals surface area contributed by atoms with Gasteiger partial charge in [0.05, 0.1) is 0 Å². The number of halogens is 2. The largest absolute Gasteiger partial charge is 0.310 e. The summed E-state index contributed by atoms with van der Waals surface area (Å²) in [6.07, 6.45) is 1.01. The van der Waals surface area contributed by atoms with Crippen molar-refractivity contribution in [3.05, 3.63) is 67.6 Å². The van der Waals surface area contributed by atoms with Crippen LogP contribution in [0.1, 0.15) is 35.2 Å². The Bertz CT molecular complexity index is 602. The molecule has 2 rings (SSSR count). The first-order chi connectivity index (χ1) is 10.0. The second-order valence-electron chi connectivity index (χ2n) is 5.35. The maximum absolute atomic E-state index is 3.70. The maximum Gasteiger partial charge on any atom is 0.0372 e. The summed E-state index contributed by atoms with van der Waals surface area (Å²) in [6, 6.07) is 13.3. The third kappa shape index (κ3) is 4.18. The molecular weight excluding hydrogens is 390 g/mol. The van der Waals surface area contributed by atoms with Crippen molar-refractivity contribution in [3.8, 4) is 0 Å². The lowest BCUT2D eigenvalue weighted by molar-refractivity contribution is 0.545. The van der Waals surface area contributed by atoms with E-state index in [0.29, 0.717) is 6.04 Å². The molecule has 0 bridgehead atoms. The normalized spacial score (nSPS) is 12.4. The lowest BCUT2D eigenvalue weighted by atomic mass is 9.93. The van der Waals surface area contributed by atoms with Gasteiger partial charge in [0.2, 0.25) is 0 Å². The Morgan fingerprint density at radius 3 is 2.29 bits per heavy atom. The lowest BCUT2D eigenvalue weighted by Crippen LogP contribution is -2.24. The van der Waals surface area contributed by atoms with Gasteiger partial charge in [-0.3, -0.25) is 0 Å². The second kappa shape index (κ2) is 7.57. The van der Waals surface area contributed by atoms with Gasteiger partial charge in [-0.05, 0) is 61.2 Å². The van der Waals surface area contributed by atoms with E-state index in [0.717, 1.165) is 21.9 Å². The van der Waals surface area contributed by atoms with E-state index >= 15 is 0 Å². The molecule has 2 aromatic carbocycles. The minimum absolute atomic E-state index is 0.317. The van der Waals surface area contributed by atoms with Crippen molar-refractivity contribution in [1.82, 2.24) is 5.32 Å². The molecule has 112 valence electrons. The Hall–Kier alpha value is -0.640. The molecule has 1 unspecified atom stereocenters. The summed E-state index contributed by atoms with van der Waals surface area (Å²) in [5.41, 5.74) is 5.48. The molecule has 1 atom stereocenters. The van der Waals surface area contributed by atoms with E-state index in [-0.39, 0.29) is 0 Å². The highest BCUT2D eigenvalue weighted by Gasteiger charge is 2.16. The van der Waals surface area contributed by atoms with Crippen LogP contribution in [0.15, 0.2) is 45.3 Å². The summed E-state index contributed by atoms with van der Waals surface area (Å²) >= 11 is 7.22. The number of rotatable bonds is 5. The van der Waals surface area contributed by atoms with Crippen LogP contribution in [0.4, 0.5) is 0 Å². The van der Waals surface area contributed by atoms with Crippen molar-refractivity contribution in [3.63, 3.8) is 0 Å². The van der Waals surface area contributed by atoms with Crippen LogP contribution in [-0.4, -0.2) is 6.54 Å². The average molecular weight is 411 g/mol. The van der Waals surface area contributed by atoms with Crippen molar-refractivity contribution < 1.29 is 0 Å². The van der Waals surface area contributed by atoms with Crippen LogP contribution in [0.25, 0.3) is 0 Å². The molecule has 0 fully saturated rings. The SMILES string of the molecule is CCNC(Cc1c(C)cccc1C)c1ccc(Br)cc1Br. The summed E-state index contributed by atoms with van der Waals surface area (Å²) in [7, 11) is 0. The van der Waals surface area contributed by atoms with Crippen molar-refractivity contribution in [2.75, 3.05) is 6.54 Å². The molecule has 0 spiro atoms. The first-order valence-electron chi connectivity index (χ1n) is 7.26. The number of likely N-dealkylation sites (N-methyl/N-ethyl adjacent to an activating group) is 1. The molecule has 0 aromatic heterocycles. The molecule has 0 aliphatic carbocycles. The highest BCUT2D eigenvalue weighted by atomic mass is 79.9. The van der Waals surface area contributed by atoms with Crippen LogP contribution in [0, 0.1) is 13.8 Å². The highest BCUT2D eigenvalue weighted by Crippen LogP contribution is 2.30. The van der Waals surface area contributed by atoms with Crippen molar-refractivity contribution in [2.45, 2.75) is 33.2 Å². The summed E-state index contributed by atoms with van der Waals surface area (Å²) in [4.78, 5) is 0. The summed E-state index contributed by atoms with van der Waals surface area (Å²) in [5.74, 6) is 0. The van der Waals surface area contributed by atoms with E-state index in [9.17, 15) is 0 Å². The zero-order valence-electron chi connectivity index (χ0n) is 12.7. The predicted molar refractivity (Wildman–Crippen MR) is 97.9 cm³/mol. The van der Waals surface area contributed by atoms with E-state index in [2.05, 4.69) is 94.3 Å². The lowest BCUT2D eigenvalue weighted by Gasteiger charge is -2.22. The van der Waals surface area contributed by atoms with Gasteiger partial charge < -0.3 is 5.32 Å². The van der Waals surface area contributed by atoms with Crippen LogP contribution in [0.3, 0.4) is 0 Å². The fourth-order valence-electron chi connectivity index (χ4n) is 2.70. The Morgan fingerprint density at radius 1 is 1.05 bits per heavy atom. The van der Waals surface area contributed by atoms with Crippen LogP contribution in [0.2, 0.25) is 0 Å². The monoisotopic (exact) mass is 409 g/mol. The standard InChI is InChI=1S/C18H21Br2N/c1-4-21-18(15-9-8-14(19)10-17(15)20)11-16-12(2)6-5-7-13(16)3/h5-10,18,21H,4,11H2,1-3H3. The van der Waals surface area contributed by atoms with Crippen molar-refractivity contribution in [1.29, 1.82) is 0 Å². The minimum Gasteiger partial charge on any atom is -0.310 e. The predicted octanol–water partition coefficient (Wildman–Crippen LogP) is 5.72. The zero-order valence-corrected chi connectivity index (χ0v) is 15.9. The number of hydrogen-bond donors (Lipinski definition) is 1. The van der Waals surface area contributed by atoms with E-state index in [4.69, 9.17) is 0 Å². The van der Waals surface area contributed by atoms with Gasteiger partial charge in [-0.25, -0.2) is 0 Å². The Balaban J connectivity index is 2.35. The Kier molecular flexibility index (Phi) is 6.03. The quantitative estimate of drug-likeness (QED) is 0.664. The van der Waals surface area contributed by atoms with Crippen molar-refractivity contribution >= 4 is 31.9 Å². The number of aryl methyl sites for hydroxylation is 2. The summed E-state index contributed by atoms with van der Waals surface area (Å²) < 4.78 is 2.24. The molecular formula is C18H21Br2N. The first-order valence-corrected chi connectivity index (χ1v) is 8.85. The average Bonchev–Trinajstić information content (AvgIpc) is 2.42. The van der Waals surface area contributed by atoms with Gasteiger partial charge >= 0.3 is 0 Å². The molecule has 0 saturated carbocycles. The van der Waals surface area contributed by atoms with Crippen LogP contribution < -0.4 is 5.32 Å². The van der Waals surface area contributed by atoms with E-state index < -0.39 is 0 Å². The first kappa shape index (κ1) is 16.7. The molecule has 21 heavy (non-hydrogen) atoms. The molecule has 1 nitrogen and oxygen atoms in total. The summed E-state index contributed by atoms with van der Waals surface area (Å²) in [6.45, 7) is 7.51. The third-order valence-corrected chi connectivity index (χ3v) is 5.02. The fraction of sp³-hybridized carbons (Fsp3) is 0.333. The maximum atomic E-state index is 3.70. The molecule has 2 aromatic rings. The van der Waals surface area contributed by atoms with Crippen LogP contribution in [0.5, 0.6) is 0 Å². The van der Waals surface area contributed by atoms with E-state index in [1.807, 2.05) is 0 Å². The van der Waals surface area contributed by atoms with E-state index in [1.165, 1.54) is 22.3 Å². The number of nitrogens with one attached hydrogen (secondary N) is 1. The van der Waals surface area contributed by atoms with Crippen LogP contribution >= 0.6 is 31.9 Å². The van der Waals surface area contributed by atoms with E-state index in [1.54, 1.807) is 0 Å². The Morgan fingerprint density at radius 2 is 1.71 bits per heavy atom. The second-order valence-corrected chi connectivity index (χ2v) is 7.12. The fourth-order valence-corrected chi connectivity index (χ4v) is 4.02. The van der Waals surface area contributed by atoms with Gasteiger partial charge in [0.1, 0.15) is 0 Å². The molecule has 0 aliphatic rings. The topological polar surface area (TPSA) is 12.0 Å². The smallest absolute Gasteiger partial charge is 0.0372 e. The van der Waals surface area contributed by atoms with Gasteiger partial charge in [0.25, 0.3) is 0 Å².